The van der Waals surface area contributed by atoms with Gasteiger partial charge in [-0.2, -0.15) is 0 Å². The van der Waals surface area contributed by atoms with Gasteiger partial charge in [-0.25, -0.2) is 0 Å². The van der Waals surface area contributed by atoms with Gasteiger partial charge in [0.05, 0.1) is 0 Å². The Bertz CT molecular complexity index is 1110. The molecule has 0 radical (unpaired) electrons. The number of benzene rings is 4. The van der Waals surface area contributed by atoms with E-state index < -0.39 is 5.96 Å². The minimum absolute atomic E-state index is 0.491. The third-order valence-corrected chi connectivity index (χ3v) is 13.1. The molecular weight excluding hydrogens is 449 g/mol. The molecule has 4 aromatic rings. The van der Waals surface area contributed by atoms with Crippen LogP contribution in [0.3, 0.4) is 0 Å². The standard InChI is InChI=1S/C28H27ClNO2P/c1-31-24-20-18-23(19-21-24)28(30-32-2)22-33(29,25-12-6-3-7-13-25,26-14-8-4-9-15-26)27-16-10-5-11-17-27/h3-21H,22H2,1-2H3/b30-28+. The van der Waals surface area contributed by atoms with Crippen LogP contribution in [0.25, 0.3) is 0 Å². The van der Waals surface area contributed by atoms with Crippen LogP contribution in [0.1, 0.15) is 5.56 Å². The van der Waals surface area contributed by atoms with Gasteiger partial charge < -0.3 is 0 Å². The molecule has 4 aromatic carbocycles. The molecule has 0 aromatic heterocycles. The Morgan fingerprint density at radius 2 is 1.09 bits per heavy atom. The van der Waals surface area contributed by atoms with Gasteiger partial charge in [0.2, 0.25) is 0 Å². The number of hydrogen-bond acceptors (Lipinski definition) is 3. The van der Waals surface area contributed by atoms with E-state index in [9.17, 15) is 0 Å². The van der Waals surface area contributed by atoms with Gasteiger partial charge in [-0.05, 0) is 0 Å². The zero-order chi connectivity index (χ0) is 23.2. The van der Waals surface area contributed by atoms with E-state index in [0.717, 1.165) is 32.9 Å². The van der Waals surface area contributed by atoms with E-state index in [-0.39, 0.29) is 0 Å². The van der Waals surface area contributed by atoms with Crippen LogP contribution in [0.2, 0.25) is 0 Å². The number of halogens is 1. The summed E-state index contributed by atoms with van der Waals surface area (Å²) in [5.74, 6) is -2.73. The summed E-state index contributed by atoms with van der Waals surface area (Å²) in [6, 6.07) is 39.0. The second kappa shape index (κ2) is 9.79. The molecule has 0 heterocycles. The molecule has 5 heteroatoms. The van der Waals surface area contributed by atoms with Crippen LogP contribution in [0.5, 0.6) is 5.75 Å². The Balaban J connectivity index is 2.02. The summed E-state index contributed by atoms with van der Waals surface area (Å²) in [4.78, 5) is 5.33. The molecule has 0 aliphatic carbocycles. The third-order valence-electron chi connectivity index (χ3n) is 5.96. The molecule has 0 aliphatic rings. The van der Waals surface area contributed by atoms with Crippen LogP contribution < -0.4 is 20.7 Å². The van der Waals surface area contributed by atoms with Crippen molar-refractivity contribution in [3.8, 4) is 5.75 Å². The third kappa shape index (κ3) is 4.27. The van der Waals surface area contributed by atoms with Crippen molar-refractivity contribution in [3.05, 3.63) is 121 Å². The molecule has 0 spiro atoms. The van der Waals surface area contributed by atoms with E-state index in [1.165, 1.54) is 0 Å². The van der Waals surface area contributed by atoms with E-state index in [1.807, 2.05) is 78.9 Å². The van der Waals surface area contributed by atoms with Crippen molar-refractivity contribution in [1.29, 1.82) is 0 Å². The van der Waals surface area contributed by atoms with Gasteiger partial charge in [0.15, 0.2) is 0 Å². The maximum atomic E-state index is 8.18. The molecule has 0 unspecified atom stereocenters. The Kier molecular flexibility index (Phi) is 6.83. The molecule has 0 saturated heterocycles. The van der Waals surface area contributed by atoms with Crippen molar-refractivity contribution in [2.45, 2.75) is 0 Å². The molecule has 0 fully saturated rings. The maximum absolute atomic E-state index is 8.18. The van der Waals surface area contributed by atoms with Crippen molar-refractivity contribution in [2.24, 2.45) is 5.16 Å². The Hall–Kier alpha value is -3.13. The summed E-state index contributed by atoms with van der Waals surface area (Å²) in [5, 5.41) is 7.73. The van der Waals surface area contributed by atoms with E-state index in [0.29, 0.717) is 6.16 Å². The topological polar surface area (TPSA) is 30.8 Å². The van der Waals surface area contributed by atoms with Gasteiger partial charge in [-0.3, -0.25) is 0 Å². The summed E-state index contributed by atoms with van der Waals surface area (Å²) >= 11 is 8.18. The number of ether oxygens (including phenoxy) is 1. The quantitative estimate of drug-likeness (QED) is 0.185. The van der Waals surface area contributed by atoms with Crippen LogP contribution in [0.4, 0.5) is 0 Å². The van der Waals surface area contributed by atoms with Crippen molar-refractivity contribution in [3.63, 3.8) is 0 Å². The van der Waals surface area contributed by atoms with Gasteiger partial charge in [-0.15, -0.1) is 0 Å². The first-order chi connectivity index (χ1) is 16.1. The molecule has 0 N–H and O–H groups in total. The number of methoxy groups -OCH3 is 1. The fourth-order valence-corrected chi connectivity index (χ4v) is 10.3. The average Bonchev–Trinajstić information content (AvgIpc) is 2.90. The first kappa shape index (κ1) is 23.0. The summed E-state index contributed by atoms with van der Waals surface area (Å²) < 4.78 is 5.35. The summed E-state index contributed by atoms with van der Waals surface area (Å²) in [7, 11) is 3.23. The molecule has 0 aliphatic heterocycles. The first-order valence-electron chi connectivity index (χ1n) is 10.7. The van der Waals surface area contributed by atoms with E-state index >= 15 is 0 Å². The van der Waals surface area contributed by atoms with Crippen molar-refractivity contribution in [2.75, 3.05) is 20.4 Å². The number of nitrogens with zero attached hydrogens (tertiary/aromatic N) is 1. The van der Waals surface area contributed by atoms with E-state index in [4.69, 9.17) is 20.8 Å². The number of oxime groups is 1. The number of hydrogen-bond donors (Lipinski definition) is 0. The molecule has 3 nitrogen and oxygen atoms in total. The molecular formula is C28H27ClNO2P. The van der Waals surface area contributed by atoms with Gasteiger partial charge in [0.1, 0.15) is 0 Å². The first-order valence-corrected chi connectivity index (χ1v) is 14.1. The van der Waals surface area contributed by atoms with Crippen LogP contribution in [0.15, 0.2) is 120 Å². The second-order valence-corrected chi connectivity index (χ2v) is 14.3. The molecule has 33 heavy (non-hydrogen) atoms. The van der Waals surface area contributed by atoms with Gasteiger partial charge in [0, 0.05) is 0 Å². The molecule has 0 saturated carbocycles. The van der Waals surface area contributed by atoms with Crippen LogP contribution in [0, 0.1) is 0 Å². The summed E-state index contributed by atoms with van der Waals surface area (Å²) in [5.41, 5.74) is 1.72. The molecule has 0 atom stereocenters. The van der Waals surface area contributed by atoms with Crippen LogP contribution in [-0.4, -0.2) is 26.1 Å². The number of rotatable bonds is 8. The Labute approximate surface area is 200 Å². The molecule has 0 bridgehead atoms. The zero-order valence-corrected chi connectivity index (χ0v) is 20.4. The minimum atomic E-state index is -3.52. The fourth-order valence-electron chi connectivity index (χ4n) is 4.29. The van der Waals surface area contributed by atoms with Crippen LogP contribution in [-0.2, 0) is 4.84 Å². The predicted octanol–water partition coefficient (Wildman–Crippen LogP) is 5.73. The fraction of sp³-hybridized carbons (Fsp3) is 0.107. The van der Waals surface area contributed by atoms with Gasteiger partial charge in [0.25, 0.3) is 0 Å². The van der Waals surface area contributed by atoms with E-state index in [2.05, 4.69) is 41.6 Å². The second-order valence-electron chi connectivity index (χ2n) is 7.80. The molecule has 4 rings (SSSR count). The molecule has 168 valence electrons. The SMILES string of the molecule is CO/N=C(\CP(Cl)(c1ccccc1)(c1ccccc1)c1ccccc1)c1ccc(OC)cc1. The van der Waals surface area contributed by atoms with Crippen LogP contribution >= 0.6 is 17.2 Å². The van der Waals surface area contributed by atoms with Gasteiger partial charge >= 0.3 is 201 Å². The average molecular weight is 476 g/mol. The zero-order valence-electron chi connectivity index (χ0n) is 18.8. The van der Waals surface area contributed by atoms with Crippen molar-refractivity contribution >= 4 is 38.8 Å². The van der Waals surface area contributed by atoms with Crippen molar-refractivity contribution in [1.82, 2.24) is 0 Å². The Morgan fingerprint density at radius 3 is 1.45 bits per heavy atom. The Morgan fingerprint density at radius 1 is 0.667 bits per heavy atom. The van der Waals surface area contributed by atoms with Crippen molar-refractivity contribution < 1.29 is 9.57 Å². The summed E-state index contributed by atoms with van der Waals surface area (Å²) in [6.45, 7) is 0. The monoisotopic (exact) mass is 475 g/mol. The predicted molar refractivity (Wildman–Crippen MR) is 142 cm³/mol. The summed E-state index contributed by atoms with van der Waals surface area (Å²) in [6.07, 6.45) is 0.491. The van der Waals surface area contributed by atoms with E-state index in [1.54, 1.807) is 14.2 Å². The van der Waals surface area contributed by atoms with Gasteiger partial charge in [-0.1, -0.05) is 0 Å². The molecule has 0 amide bonds. The normalized spacial score (nSPS) is 13.1.